The van der Waals surface area contributed by atoms with Crippen LogP contribution in [0.2, 0.25) is 0 Å². The Balaban J connectivity index is 2.35. The number of rotatable bonds is 0. The third-order valence-corrected chi connectivity index (χ3v) is 3.53. The zero-order valence-electron chi connectivity index (χ0n) is 7.58. The van der Waals surface area contributed by atoms with E-state index in [0.29, 0.717) is 11.3 Å². The molecule has 0 radical (unpaired) electrons. The molecule has 2 aliphatic heterocycles. The molecule has 1 aromatic rings. The Bertz CT molecular complexity index is 639. The van der Waals surface area contributed by atoms with Crippen LogP contribution in [-0.4, -0.2) is 19.7 Å². The molecule has 2 aliphatic rings. The maximum absolute atomic E-state index is 11.6. The number of aliphatic imine (C=N–C) groups is 1. The summed E-state index contributed by atoms with van der Waals surface area (Å²) >= 11 is 0. The number of para-hydroxylation sites is 1. The van der Waals surface area contributed by atoms with Crippen LogP contribution in [0.25, 0.3) is 5.57 Å². The van der Waals surface area contributed by atoms with Crippen molar-refractivity contribution in [2.75, 3.05) is 0 Å². The molecule has 0 aromatic heterocycles. The third-order valence-electron chi connectivity index (χ3n) is 2.33. The first-order valence-corrected chi connectivity index (χ1v) is 5.81. The molecule has 3 rings (SSSR count). The Labute approximate surface area is 86.7 Å². The first-order valence-electron chi connectivity index (χ1n) is 4.37. The van der Waals surface area contributed by atoms with E-state index < -0.39 is 10.0 Å². The van der Waals surface area contributed by atoms with Gasteiger partial charge in [0, 0.05) is 17.4 Å². The van der Waals surface area contributed by atoms with E-state index >= 15 is 0 Å². The zero-order chi connectivity index (χ0) is 10.5. The molecule has 0 unspecified atom stereocenters. The van der Waals surface area contributed by atoms with Crippen LogP contribution in [0.15, 0.2) is 39.7 Å². The van der Waals surface area contributed by atoms with E-state index in [2.05, 4.69) is 9.39 Å². The molecule has 2 heterocycles. The number of allylic oxidation sites excluding steroid dienone is 1. The Hall–Kier alpha value is -1.75. The summed E-state index contributed by atoms with van der Waals surface area (Å²) in [4.78, 5) is 4.07. The van der Waals surface area contributed by atoms with E-state index in [-0.39, 0.29) is 5.04 Å². The van der Waals surface area contributed by atoms with Gasteiger partial charge in [-0.15, -0.1) is 0 Å². The minimum absolute atomic E-state index is 0.0613. The van der Waals surface area contributed by atoms with E-state index in [0.717, 1.165) is 5.56 Å². The van der Waals surface area contributed by atoms with Gasteiger partial charge in [-0.1, -0.05) is 18.2 Å². The average Bonchev–Trinajstić information content (AvgIpc) is 2.58. The van der Waals surface area contributed by atoms with Gasteiger partial charge in [-0.25, -0.2) is 4.99 Å². The Kier molecular flexibility index (Phi) is 1.50. The summed E-state index contributed by atoms with van der Waals surface area (Å²) in [6, 6.07) is 7.33. The number of hydrogen-bond donors (Lipinski definition) is 0. The van der Waals surface area contributed by atoms with Crippen molar-refractivity contribution in [3.63, 3.8) is 0 Å². The molecule has 0 aliphatic carbocycles. The predicted octanol–water partition coefficient (Wildman–Crippen LogP) is 1.53. The van der Waals surface area contributed by atoms with E-state index in [1.54, 1.807) is 12.1 Å². The summed E-state index contributed by atoms with van der Waals surface area (Å²) < 4.78 is 26.6. The molecular formula is C10H6N2O2S. The lowest BCUT2D eigenvalue weighted by molar-refractivity contribution is 0.609. The van der Waals surface area contributed by atoms with Gasteiger partial charge in [-0.3, -0.25) is 0 Å². The summed E-state index contributed by atoms with van der Waals surface area (Å²) in [6.45, 7) is 0. The molecular weight excluding hydrogens is 212 g/mol. The normalized spacial score (nSPS) is 20.3. The fourth-order valence-corrected chi connectivity index (χ4v) is 2.67. The number of sulfonamides is 1. The number of hydrogen-bond acceptors (Lipinski definition) is 3. The lowest BCUT2D eigenvalue weighted by Gasteiger charge is -2.04. The van der Waals surface area contributed by atoms with E-state index in [9.17, 15) is 8.42 Å². The maximum atomic E-state index is 11.6. The van der Waals surface area contributed by atoms with E-state index in [4.69, 9.17) is 0 Å². The molecule has 5 heteroatoms. The summed E-state index contributed by atoms with van der Waals surface area (Å²) in [5.41, 5.74) is 2.18. The Morgan fingerprint density at radius 3 is 2.80 bits per heavy atom. The number of nitrogens with zero attached hydrogens (tertiary/aromatic N) is 2. The number of benzene rings is 1. The highest BCUT2D eigenvalue weighted by atomic mass is 32.2. The lowest BCUT2D eigenvalue weighted by Crippen LogP contribution is -2.14. The topological polar surface area (TPSA) is 58.9 Å². The SMILES string of the molecule is O=S1(=O)N=CC=C2C1=Nc1ccccc12. The van der Waals surface area contributed by atoms with Crippen LogP contribution in [0.3, 0.4) is 0 Å². The van der Waals surface area contributed by atoms with Gasteiger partial charge in [0.25, 0.3) is 10.0 Å². The second kappa shape index (κ2) is 2.64. The standard InChI is InChI=1S/C10H6N2O2S/c13-15(14)10-8(5-6-11-15)7-3-1-2-4-9(7)12-10/h1-6H. The minimum Gasteiger partial charge on any atom is -0.234 e. The lowest BCUT2D eigenvalue weighted by atomic mass is 10.1. The summed E-state index contributed by atoms with van der Waals surface area (Å²) in [7, 11) is -3.58. The summed E-state index contributed by atoms with van der Waals surface area (Å²) in [5, 5.41) is 0.0613. The number of fused-ring (bicyclic) bond motifs is 3. The molecule has 0 saturated heterocycles. The van der Waals surface area contributed by atoms with Crippen molar-refractivity contribution in [3.05, 3.63) is 35.9 Å². The Morgan fingerprint density at radius 1 is 1.13 bits per heavy atom. The van der Waals surface area contributed by atoms with Gasteiger partial charge >= 0.3 is 0 Å². The van der Waals surface area contributed by atoms with Crippen molar-refractivity contribution in [3.8, 4) is 0 Å². The monoisotopic (exact) mass is 218 g/mol. The van der Waals surface area contributed by atoms with Crippen molar-refractivity contribution in [1.29, 1.82) is 0 Å². The second-order valence-corrected chi connectivity index (χ2v) is 4.79. The molecule has 74 valence electrons. The molecule has 0 atom stereocenters. The molecule has 4 nitrogen and oxygen atoms in total. The van der Waals surface area contributed by atoms with Gasteiger partial charge in [0.2, 0.25) is 0 Å². The highest BCUT2D eigenvalue weighted by Crippen LogP contribution is 2.37. The van der Waals surface area contributed by atoms with Crippen LogP contribution in [0, 0.1) is 0 Å². The first-order chi connectivity index (χ1) is 7.18. The Morgan fingerprint density at radius 2 is 1.93 bits per heavy atom. The van der Waals surface area contributed by atoms with Crippen LogP contribution in [0.4, 0.5) is 5.69 Å². The molecule has 1 aromatic carbocycles. The molecule has 0 bridgehead atoms. The fourth-order valence-electron chi connectivity index (χ4n) is 1.68. The third kappa shape index (κ3) is 1.10. The van der Waals surface area contributed by atoms with Crippen molar-refractivity contribution in [2.45, 2.75) is 0 Å². The first kappa shape index (κ1) is 8.55. The summed E-state index contributed by atoms with van der Waals surface area (Å²) in [5.74, 6) is 0. The smallest absolute Gasteiger partial charge is 0.234 e. The molecule has 0 saturated carbocycles. The van der Waals surface area contributed by atoms with Gasteiger partial charge in [-0.05, 0) is 12.1 Å². The minimum atomic E-state index is -3.58. The van der Waals surface area contributed by atoms with Crippen LogP contribution in [-0.2, 0) is 10.0 Å². The van der Waals surface area contributed by atoms with Gasteiger partial charge in [0.05, 0.1) is 5.69 Å². The van der Waals surface area contributed by atoms with Crippen LogP contribution < -0.4 is 0 Å². The molecule has 0 amide bonds. The predicted molar refractivity (Wildman–Crippen MR) is 58.9 cm³/mol. The van der Waals surface area contributed by atoms with Crippen LogP contribution >= 0.6 is 0 Å². The maximum Gasteiger partial charge on any atom is 0.300 e. The van der Waals surface area contributed by atoms with E-state index in [1.165, 1.54) is 6.21 Å². The van der Waals surface area contributed by atoms with Gasteiger partial charge in [0.1, 0.15) is 0 Å². The van der Waals surface area contributed by atoms with Crippen molar-refractivity contribution in [1.82, 2.24) is 0 Å². The largest absolute Gasteiger partial charge is 0.300 e. The van der Waals surface area contributed by atoms with Gasteiger partial charge in [-0.2, -0.15) is 12.8 Å². The van der Waals surface area contributed by atoms with E-state index in [1.807, 2.05) is 18.2 Å². The van der Waals surface area contributed by atoms with Crippen molar-refractivity contribution < 1.29 is 8.42 Å². The van der Waals surface area contributed by atoms with Crippen molar-refractivity contribution >= 4 is 32.5 Å². The molecule has 15 heavy (non-hydrogen) atoms. The molecule has 0 fully saturated rings. The highest BCUT2D eigenvalue weighted by Gasteiger charge is 2.31. The van der Waals surface area contributed by atoms with Crippen molar-refractivity contribution in [2.24, 2.45) is 9.39 Å². The van der Waals surface area contributed by atoms with Crippen LogP contribution in [0.1, 0.15) is 5.56 Å². The quantitative estimate of drug-likeness (QED) is 0.663. The summed E-state index contributed by atoms with van der Waals surface area (Å²) in [6.07, 6.45) is 2.97. The molecule has 0 spiro atoms. The molecule has 0 N–H and O–H groups in total. The average molecular weight is 218 g/mol. The van der Waals surface area contributed by atoms with Crippen LogP contribution in [0.5, 0.6) is 0 Å². The second-order valence-electron chi connectivity index (χ2n) is 3.24. The highest BCUT2D eigenvalue weighted by molar-refractivity contribution is 8.06. The zero-order valence-corrected chi connectivity index (χ0v) is 8.40. The van der Waals surface area contributed by atoms with Gasteiger partial charge in [0.15, 0.2) is 5.04 Å². The fraction of sp³-hybridized carbons (Fsp3) is 0. The van der Waals surface area contributed by atoms with Gasteiger partial charge < -0.3 is 0 Å².